The fraction of sp³-hybridized carbons (Fsp3) is 0.353. The van der Waals surface area contributed by atoms with Crippen LogP contribution >= 0.6 is 0 Å². The van der Waals surface area contributed by atoms with Crippen molar-refractivity contribution in [2.45, 2.75) is 32.0 Å². The van der Waals surface area contributed by atoms with Gasteiger partial charge in [0, 0.05) is 44.7 Å². The molecule has 1 atom stereocenters. The molecule has 0 aromatic carbocycles. The number of nitrogens with one attached hydrogen (secondary N) is 1. The average molecular weight is 369 g/mol. The van der Waals surface area contributed by atoms with Crippen molar-refractivity contribution < 1.29 is 14.3 Å². The molecule has 4 heterocycles. The van der Waals surface area contributed by atoms with Gasteiger partial charge in [-0.2, -0.15) is 5.10 Å². The van der Waals surface area contributed by atoms with E-state index >= 15 is 0 Å². The molecule has 2 amide bonds. The van der Waals surface area contributed by atoms with Gasteiger partial charge in [-0.15, -0.1) is 0 Å². The van der Waals surface area contributed by atoms with Crippen molar-refractivity contribution in [2.75, 3.05) is 7.11 Å². The third kappa shape index (κ3) is 3.04. The molecule has 0 radical (unpaired) electrons. The first kappa shape index (κ1) is 17.2. The van der Waals surface area contributed by atoms with Gasteiger partial charge in [0.2, 0.25) is 0 Å². The number of carbonyl (C=O) groups excluding carboxylic acids is 2. The minimum absolute atomic E-state index is 0.0213. The predicted octanol–water partition coefficient (Wildman–Crippen LogP) is -0.0841. The third-order valence-corrected chi connectivity index (χ3v) is 4.62. The van der Waals surface area contributed by atoms with Crippen molar-refractivity contribution in [3.8, 4) is 0 Å². The summed E-state index contributed by atoms with van der Waals surface area (Å²) in [6, 6.07) is 1.54. The highest BCUT2D eigenvalue weighted by atomic mass is 16.5. The van der Waals surface area contributed by atoms with Crippen LogP contribution in [0.2, 0.25) is 0 Å². The van der Waals surface area contributed by atoms with Gasteiger partial charge in [-0.3, -0.25) is 9.59 Å². The quantitative estimate of drug-likeness (QED) is 0.647. The summed E-state index contributed by atoms with van der Waals surface area (Å²) in [7, 11) is 1.49. The molecule has 0 fully saturated rings. The number of aromatic nitrogens is 5. The van der Waals surface area contributed by atoms with Crippen molar-refractivity contribution in [1.82, 2.24) is 29.5 Å². The Bertz CT molecular complexity index is 1020. The highest BCUT2D eigenvalue weighted by Gasteiger charge is 2.25. The zero-order valence-electron chi connectivity index (χ0n) is 14.8. The molecular weight excluding hydrogens is 350 g/mol. The zero-order valence-corrected chi connectivity index (χ0v) is 14.8. The number of nitrogens with two attached hydrogens (primary N) is 1. The van der Waals surface area contributed by atoms with E-state index in [9.17, 15) is 9.59 Å². The summed E-state index contributed by atoms with van der Waals surface area (Å²) in [6.45, 7) is 0.755. The van der Waals surface area contributed by atoms with Crippen LogP contribution < -0.4 is 11.1 Å². The van der Waals surface area contributed by atoms with Crippen molar-refractivity contribution in [3.63, 3.8) is 0 Å². The highest BCUT2D eigenvalue weighted by Crippen LogP contribution is 2.17. The predicted molar refractivity (Wildman–Crippen MR) is 94.0 cm³/mol. The molecule has 0 spiro atoms. The van der Waals surface area contributed by atoms with Gasteiger partial charge in [-0.25, -0.2) is 14.5 Å². The van der Waals surface area contributed by atoms with Crippen molar-refractivity contribution >= 4 is 17.5 Å². The second kappa shape index (κ2) is 6.80. The molecule has 0 saturated carbocycles. The summed E-state index contributed by atoms with van der Waals surface area (Å²) < 4.78 is 8.45. The molecule has 1 aliphatic heterocycles. The number of primary amides is 1. The molecule has 4 rings (SSSR count). The lowest BCUT2D eigenvalue weighted by Crippen LogP contribution is -2.41. The maximum atomic E-state index is 12.9. The normalized spacial score (nSPS) is 16.3. The van der Waals surface area contributed by atoms with Gasteiger partial charge in [-0.1, -0.05) is 0 Å². The molecule has 0 bridgehead atoms. The van der Waals surface area contributed by atoms with E-state index in [1.54, 1.807) is 12.3 Å². The Hall–Kier alpha value is -3.27. The molecule has 10 nitrogen and oxygen atoms in total. The molecule has 140 valence electrons. The molecular formula is C17H19N7O3. The molecule has 0 aliphatic carbocycles. The van der Waals surface area contributed by atoms with E-state index in [1.807, 2.05) is 10.8 Å². The number of amides is 2. The molecule has 3 aromatic rings. The van der Waals surface area contributed by atoms with E-state index in [0.29, 0.717) is 12.2 Å². The number of aryl methyl sites for hydroxylation is 1. The lowest BCUT2D eigenvalue weighted by Gasteiger charge is -2.24. The first-order valence-corrected chi connectivity index (χ1v) is 8.54. The largest absolute Gasteiger partial charge is 0.378 e. The smallest absolute Gasteiger partial charge is 0.270 e. The number of carbonyl (C=O) groups is 2. The maximum Gasteiger partial charge on any atom is 0.270 e. The van der Waals surface area contributed by atoms with Crippen molar-refractivity contribution in [1.29, 1.82) is 0 Å². The van der Waals surface area contributed by atoms with Crippen molar-refractivity contribution in [2.24, 2.45) is 5.73 Å². The first-order valence-electron chi connectivity index (χ1n) is 8.54. The molecule has 1 unspecified atom stereocenters. The van der Waals surface area contributed by atoms with Gasteiger partial charge in [0.1, 0.15) is 22.8 Å². The Morgan fingerprint density at radius 2 is 2.22 bits per heavy atom. The Morgan fingerprint density at radius 1 is 1.37 bits per heavy atom. The number of rotatable bonds is 5. The lowest BCUT2D eigenvalue weighted by molar-refractivity contribution is 0.0918. The fourth-order valence-electron chi connectivity index (χ4n) is 3.39. The minimum atomic E-state index is -0.665. The number of fused-ring (bicyclic) bond motifs is 2. The zero-order chi connectivity index (χ0) is 19.0. The summed E-state index contributed by atoms with van der Waals surface area (Å²) in [5, 5.41) is 7.34. The summed E-state index contributed by atoms with van der Waals surface area (Å²) in [5.41, 5.74) is 6.49. The molecule has 1 aliphatic rings. The van der Waals surface area contributed by atoms with Crippen LogP contribution in [0.15, 0.2) is 24.7 Å². The topological polar surface area (TPSA) is 129 Å². The standard InChI is InChI=1S/C17H19N7O3/c1-27-9-11-14(15(18)25)16-20-5-4-12(24(16)22-11)17(26)21-10-2-3-13-19-6-7-23(13)8-10/h4-7,10H,2-3,8-9H2,1H3,(H2,18,25)(H,21,26). The van der Waals surface area contributed by atoms with E-state index in [0.717, 1.165) is 18.7 Å². The molecule has 27 heavy (non-hydrogen) atoms. The Labute approximate surface area is 154 Å². The number of hydrogen-bond acceptors (Lipinski definition) is 6. The minimum Gasteiger partial charge on any atom is -0.378 e. The summed E-state index contributed by atoms with van der Waals surface area (Å²) in [4.78, 5) is 33.1. The van der Waals surface area contributed by atoms with Crippen LogP contribution in [0, 0.1) is 0 Å². The van der Waals surface area contributed by atoms with Crippen LogP contribution in [0.5, 0.6) is 0 Å². The SMILES string of the molecule is COCc1nn2c(C(=O)NC3CCc4nccn4C3)ccnc2c1C(N)=O. The Kier molecular flexibility index (Phi) is 4.32. The Morgan fingerprint density at radius 3 is 3.00 bits per heavy atom. The highest BCUT2D eigenvalue weighted by molar-refractivity contribution is 6.01. The van der Waals surface area contributed by atoms with Gasteiger partial charge in [0.25, 0.3) is 11.8 Å². The fourth-order valence-corrected chi connectivity index (χ4v) is 3.39. The number of methoxy groups -OCH3 is 1. The average Bonchev–Trinajstić information content (AvgIpc) is 3.24. The number of ether oxygens (including phenoxy) is 1. The number of hydrogen-bond donors (Lipinski definition) is 2. The van der Waals surface area contributed by atoms with Crippen LogP contribution in [0.3, 0.4) is 0 Å². The van der Waals surface area contributed by atoms with Gasteiger partial charge < -0.3 is 20.4 Å². The van der Waals surface area contributed by atoms with Crippen LogP contribution in [-0.4, -0.2) is 49.1 Å². The van der Waals surface area contributed by atoms with Gasteiger partial charge >= 0.3 is 0 Å². The van der Waals surface area contributed by atoms with Crippen LogP contribution in [0.4, 0.5) is 0 Å². The molecule has 3 N–H and O–H groups in total. The second-order valence-electron chi connectivity index (χ2n) is 6.39. The van der Waals surface area contributed by atoms with Gasteiger partial charge in [0.15, 0.2) is 5.65 Å². The number of imidazole rings is 1. The van der Waals surface area contributed by atoms with Crippen molar-refractivity contribution in [3.05, 3.63) is 47.4 Å². The first-order chi connectivity index (χ1) is 13.1. The van der Waals surface area contributed by atoms with Crippen LogP contribution in [-0.2, 0) is 24.3 Å². The van der Waals surface area contributed by atoms with E-state index in [-0.39, 0.29) is 35.5 Å². The van der Waals surface area contributed by atoms with Crippen LogP contribution in [0.25, 0.3) is 5.65 Å². The lowest BCUT2D eigenvalue weighted by atomic mass is 10.1. The van der Waals surface area contributed by atoms with Crippen LogP contribution in [0.1, 0.15) is 38.8 Å². The maximum absolute atomic E-state index is 12.9. The molecule has 10 heteroatoms. The Balaban J connectivity index is 1.64. The monoisotopic (exact) mass is 369 g/mol. The van der Waals surface area contributed by atoms with E-state index in [4.69, 9.17) is 10.5 Å². The van der Waals surface area contributed by atoms with Gasteiger partial charge in [-0.05, 0) is 12.5 Å². The number of nitrogens with zero attached hydrogens (tertiary/aromatic N) is 5. The van der Waals surface area contributed by atoms with E-state index < -0.39 is 5.91 Å². The van der Waals surface area contributed by atoms with E-state index in [2.05, 4.69) is 20.4 Å². The summed E-state index contributed by atoms with van der Waals surface area (Å²) in [6.07, 6.45) is 6.73. The summed E-state index contributed by atoms with van der Waals surface area (Å²) in [5.74, 6) is 0.0645. The second-order valence-corrected chi connectivity index (χ2v) is 6.39. The molecule has 0 saturated heterocycles. The van der Waals surface area contributed by atoms with Gasteiger partial charge in [0.05, 0.1) is 6.61 Å². The third-order valence-electron chi connectivity index (χ3n) is 4.62. The van der Waals surface area contributed by atoms with E-state index in [1.165, 1.54) is 17.8 Å². The molecule has 3 aromatic heterocycles. The summed E-state index contributed by atoms with van der Waals surface area (Å²) >= 11 is 0.